The van der Waals surface area contributed by atoms with Crippen molar-refractivity contribution in [3.05, 3.63) is 76.7 Å². The lowest BCUT2D eigenvalue weighted by Gasteiger charge is -2.10. The number of carbonyl (C=O) groups excluding carboxylic acids is 1. The summed E-state index contributed by atoms with van der Waals surface area (Å²) in [5.74, 6) is 0.284. The Hall–Kier alpha value is -3.74. The van der Waals surface area contributed by atoms with Crippen LogP contribution < -0.4 is 10.9 Å². The van der Waals surface area contributed by atoms with Crippen LogP contribution in [0.5, 0.6) is 0 Å². The lowest BCUT2D eigenvalue weighted by Crippen LogP contribution is -2.16. The molecular weight excluding hydrogens is 332 g/mol. The number of aromatic nitrogens is 3. The Kier molecular flexibility index (Phi) is 3.81. The molecule has 0 spiro atoms. The van der Waals surface area contributed by atoms with Crippen molar-refractivity contribution in [3.8, 4) is 0 Å². The number of methoxy groups -OCH3 is 1. The van der Waals surface area contributed by atoms with Crippen molar-refractivity contribution >= 4 is 34.2 Å². The van der Waals surface area contributed by atoms with Crippen molar-refractivity contribution in [2.75, 3.05) is 12.4 Å². The Morgan fingerprint density at radius 1 is 1.04 bits per heavy atom. The van der Waals surface area contributed by atoms with Crippen molar-refractivity contribution in [1.82, 2.24) is 14.4 Å². The van der Waals surface area contributed by atoms with E-state index in [2.05, 4.69) is 15.3 Å². The number of benzene rings is 2. The summed E-state index contributed by atoms with van der Waals surface area (Å²) in [6.45, 7) is 0. The summed E-state index contributed by atoms with van der Waals surface area (Å²) in [6.07, 6.45) is 1.60. The second kappa shape index (κ2) is 6.29. The van der Waals surface area contributed by atoms with Gasteiger partial charge in [-0.25, -0.2) is 9.78 Å². The number of esters is 1. The molecule has 0 atom stereocenters. The zero-order valence-corrected chi connectivity index (χ0v) is 13.8. The van der Waals surface area contributed by atoms with Gasteiger partial charge >= 0.3 is 5.97 Å². The average Bonchev–Trinajstić information content (AvgIpc) is 2.68. The van der Waals surface area contributed by atoms with E-state index in [1.807, 2.05) is 6.07 Å². The van der Waals surface area contributed by atoms with Crippen LogP contribution in [-0.2, 0) is 4.74 Å². The molecule has 1 N–H and O–H groups in total. The number of fused-ring (bicyclic) bond motifs is 2. The summed E-state index contributed by atoms with van der Waals surface area (Å²) in [6, 6.07) is 15.7. The molecule has 128 valence electrons. The molecule has 0 bridgehead atoms. The standard InChI is InChI=1S/C19H14N4O3/c1-26-18(25)13-7-3-5-9-15(13)20-16-10-11-23-17(24)12-6-2-4-8-14(12)21-19(23)22-16/h2-11H,1H3,(H,20,21,22). The molecular formula is C19H14N4O3. The number of nitrogens with zero attached hydrogens (tertiary/aromatic N) is 3. The maximum Gasteiger partial charge on any atom is 0.339 e. The molecule has 0 saturated carbocycles. The fourth-order valence-corrected chi connectivity index (χ4v) is 2.73. The van der Waals surface area contributed by atoms with E-state index in [1.54, 1.807) is 54.7 Å². The van der Waals surface area contributed by atoms with Crippen molar-refractivity contribution in [3.63, 3.8) is 0 Å². The minimum absolute atomic E-state index is 0.181. The van der Waals surface area contributed by atoms with Crippen LogP contribution in [0.2, 0.25) is 0 Å². The van der Waals surface area contributed by atoms with Crippen LogP contribution in [0.4, 0.5) is 11.5 Å². The summed E-state index contributed by atoms with van der Waals surface area (Å²) in [5.41, 5.74) is 1.34. The lowest BCUT2D eigenvalue weighted by atomic mass is 10.2. The van der Waals surface area contributed by atoms with E-state index in [4.69, 9.17) is 4.74 Å². The Balaban J connectivity index is 1.81. The first kappa shape index (κ1) is 15.8. The van der Waals surface area contributed by atoms with E-state index in [0.717, 1.165) is 0 Å². The maximum absolute atomic E-state index is 12.5. The monoisotopic (exact) mass is 346 g/mol. The van der Waals surface area contributed by atoms with E-state index >= 15 is 0 Å². The van der Waals surface area contributed by atoms with Gasteiger partial charge in [-0.15, -0.1) is 0 Å². The van der Waals surface area contributed by atoms with E-state index in [9.17, 15) is 9.59 Å². The molecule has 0 aliphatic rings. The number of carbonyl (C=O) groups is 1. The zero-order valence-electron chi connectivity index (χ0n) is 13.8. The van der Waals surface area contributed by atoms with E-state index in [0.29, 0.717) is 28.0 Å². The van der Waals surface area contributed by atoms with Gasteiger partial charge in [0.1, 0.15) is 5.82 Å². The molecule has 4 aromatic rings. The van der Waals surface area contributed by atoms with Crippen molar-refractivity contribution < 1.29 is 9.53 Å². The molecule has 0 amide bonds. The second-order valence-corrected chi connectivity index (χ2v) is 5.58. The summed E-state index contributed by atoms with van der Waals surface area (Å²) >= 11 is 0. The van der Waals surface area contributed by atoms with Crippen molar-refractivity contribution in [1.29, 1.82) is 0 Å². The molecule has 7 heteroatoms. The topological polar surface area (TPSA) is 85.6 Å². The first-order valence-electron chi connectivity index (χ1n) is 7.90. The van der Waals surface area contributed by atoms with Gasteiger partial charge in [0.2, 0.25) is 5.78 Å². The molecule has 0 unspecified atom stereocenters. The van der Waals surface area contributed by atoms with Gasteiger partial charge in [-0.05, 0) is 30.3 Å². The summed E-state index contributed by atoms with van der Waals surface area (Å²) in [4.78, 5) is 33.3. The van der Waals surface area contributed by atoms with Gasteiger partial charge in [-0.3, -0.25) is 9.20 Å². The molecule has 26 heavy (non-hydrogen) atoms. The van der Waals surface area contributed by atoms with E-state index < -0.39 is 5.97 Å². The highest BCUT2D eigenvalue weighted by Gasteiger charge is 2.12. The van der Waals surface area contributed by atoms with Crippen LogP contribution in [0.25, 0.3) is 16.7 Å². The van der Waals surface area contributed by atoms with Crippen LogP contribution in [0, 0.1) is 0 Å². The summed E-state index contributed by atoms with van der Waals surface area (Å²) in [7, 11) is 1.33. The number of nitrogens with one attached hydrogen (secondary N) is 1. The van der Waals surface area contributed by atoms with Crippen molar-refractivity contribution in [2.24, 2.45) is 0 Å². The summed E-state index contributed by atoms with van der Waals surface area (Å²) < 4.78 is 6.18. The number of para-hydroxylation sites is 2. The fourth-order valence-electron chi connectivity index (χ4n) is 2.73. The molecule has 2 aromatic carbocycles. The molecule has 2 heterocycles. The highest BCUT2D eigenvalue weighted by atomic mass is 16.5. The first-order valence-corrected chi connectivity index (χ1v) is 7.90. The summed E-state index contributed by atoms with van der Waals surface area (Å²) in [5, 5.41) is 3.61. The van der Waals surface area contributed by atoms with E-state index in [-0.39, 0.29) is 11.3 Å². The van der Waals surface area contributed by atoms with Crippen LogP contribution in [-0.4, -0.2) is 27.4 Å². The van der Waals surface area contributed by atoms with Gasteiger partial charge in [0.15, 0.2) is 0 Å². The average molecular weight is 346 g/mol. The molecule has 0 aliphatic heterocycles. The van der Waals surface area contributed by atoms with Crippen molar-refractivity contribution in [2.45, 2.75) is 0 Å². The normalized spacial score (nSPS) is 10.8. The van der Waals surface area contributed by atoms with E-state index in [1.165, 1.54) is 11.5 Å². The number of rotatable bonds is 3. The second-order valence-electron chi connectivity index (χ2n) is 5.58. The maximum atomic E-state index is 12.5. The molecule has 2 aromatic heterocycles. The van der Waals surface area contributed by atoms with Gasteiger partial charge in [-0.2, -0.15) is 4.98 Å². The predicted molar refractivity (Wildman–Crippen MR) is 97.8 cm³/mol. The highest BCUT2D eigenvalue weighted by Crippen LogP contribution is 2.20. The van der Waals surface area contributed by atoms with Crippen LogP contribution in [0.1, 0.15) is 10.4 Å². The first-order chi connectivity index (χ1) is 12.7. The quantitative estimate of drug-likeness (QED) is 0.453. The fraction of sp³-hybridized carbons (Fsp3) is 0.0526. The Bertz CT molecular complexity index is 1200. The number of hydrogen-bond donors (Lipinski definition) is 1. The Labute approximate surface area is 147 Å². The molecule has 0 radical (unpaired) electrons. The molecule has 4 rings (SSSR count). The third-order valence-corrected chi connectivity index (χ3v) is 3.99. The number of hydrogen-bond acceptors (Lipinski definition) is 6. The minimum Gasteiger partial charge on any atom is -0.465 e. The largest absolute Gasteiger partial charge is 0.465 e. The molecule has 0 fully saturated rings. The SMILES string of the molecule is COC(=O)c1ccccc1Nc1ccn2c(=O)c3ccccc3nc2n1. The number of anilines is 2. The highest BCUT2D eigenvalue weighted by molar-refractivity contribution is 5.96. The third kappa shape index (κ3) is 2.65. The smallest absolute Gasteiger partial charge is 0.339 e. The Morgan fingerprint density at radius 2 is 1.81 bits per heavy atom. The third-order valence-electron chi connectivity index (χ3n) is 3.99. The lowest BCUT2D eigenvalue weighted by molar-refractivity contribution is 0.0602. The van der Waals surface area contributed by atoms with Gasteiger partial charge in [-0.1, -0.05) is 24.3 Å². The predicted octanol–water partition coefficient (Wildman–Crippen LogP) is 2.77. The Morgan fingerprint density at radius 3 is 2.65 bits per heavy atom. The van der Waals surface area contributed by atoms with Gasteiger partial charge in [0.05, 0.1) is 29.3 Å². The van der Waals surface area contributed by atoms with Crippen LogP contribution in [0.3, 0.4) is 0 Å². The van der Waals surface area contributed by atoms with Gasteiger partial charge in [0.25, 0.3) is 5.56 Å². The zero-order chi connectivity index (χ0) is 18.1. The molecule has 0 saturated heterocycles. The van der Waals surface area contributed by atoms with Crippen LogP contribution in [0.15, 0.2) is 65.6 Å². The number of ether oxygens (including phenoxy) is 1. The van der Waals surface area contributed by atoms with Gasteiger partial charge < -0.3 is 10.1 Å². The minimum atomic E-state index is -0.450. The van der Waals surface area contributed by atoms with Gasteiger partial charge in [0, 0.05) is 6.20 Å². The van der Waals surface area contributed by atoms with Crippen LogP contribution >= 0.6 is 0 Å². The molecule has 7 nitrogen and oxygen atoms in total. The molecule has 0 aliphatic carbocycles.